The number of nitrogens with one attached hydrogen (secondary N) is 1. The number of rotatable bonds is 6. The third kappa shape index (κ3) is 3.53. The largest absolute Gasteiger partial charge is 0.497 e. The molecule has 2 aromatic rings. The summed E-state index contributed by atoms with van der Waals surface area (Å²) in [6, 6.07) is 7.22. The Morgan fingerprint density at radius 1 is 1.17 bits per heavy atom. The minimum atomic E-state index is -0.153. The zero-order valence-corrected chi connectivity index (χ0v) is 13.4. The van der Waals surface area contributed by atoms with Crippen molar-refractivity contribution in [2.75, 3.05) is 14.2 Å². The molecule has 6 nitrogen and oxygen atoms in total. The summed E-state index contributed by atoms with van der Waals surface area (Å²) in [6.45, 7) is 0.259. The summed E-state index contributed by atoms with van der Waals surface area (Å²) < 4.78 is 15.8. The molecule has 1 heterocycles. The molecule has 0 spiro atoms. The maximum atomic E-state index is 11.9. The molecule has 0 aliphatic heterocycles. The van der Waals surface area contributed by atoms with E-state index in [1.807, 2.05) is 25.0 Å². The first-order valence-corrected chi connectivity index (χ1v) is 7.39. The summed E-state index contributed by atoms with van der Waals surface area (Å²) in [5.41, 5.74) is 1.42. The number of amides is 1. The Morgan fingerprint density at radius 3 is 2.67 bits per heavy atom. The molecular weight excluding hydrogens is 308 g/mol. The Kier molecular flexibility index (Phi) is 5.03. The zero-order chi connectivity index (χ0) is 16.9. The average Bonchev–Trinajstić information content (AvgIpc) is 3.30. The summed E-state index contributed by atoms with van der Waals surface area (Å²) in [7, 11) is 3.18. The van der Waals surface area contributed by atoms with E-state index in [9.17, 15) is 4.79 Å². The van der Waals surface area contributed by atoms with Gasteiger partial charge in [-0.25, -0.2) is 0 Å². The van der Waals surface area contributed by atoms with Gasteiger partial charge in [0.05, 0.1) is 26.7 Å². The van der Waals surface area contributed by atoms with Crippen molar-refractivity contribution in [2.24, 2.45) is 0 Å². The molecule has 3 rings (SSSR count). The molecule has 1 aliphatic carbocycles. The Labute approximate surface area is 141 Å². The molecule has 0 saturated heterocycles. The van der Waals surface area contributed by atoms with Gasteiger partial charge in [-0.2, -0.15) is 0 Å². The Hall–Kier alpha value is -2.50. The van der Waals surface area contributed by atoms with Gasteiger partial charge in [0.2, 0.25) is 5.91 Å². The van der Waals surface area contributed by atoms with Crippen LogP contribution in [-0.4, -0.2) is 25.3 Å². The van der Waals surface area contributed by atoms with Gasteiger partial charge < -0.3 is 19.3 Å². The number of nitrogens with zero attached hydrogens (tertiary/aromatic N) is 1. The predicted octanol–water partition coefficient (Wildman–Crippen LogP) is 2.38. The summed E-state index contributed by atoms with van der Waals surface area (Å²) in [4.78, 5) is 11.9. The van der Waals surface area contributed by atoms with Crippen LogP contribution in [-0.2, 0) is 11.3 Å². The fraction of sp³-hybridized carbons (Fsp3) is 0.167. The molecule has 0 unspecified atom stereocenters. The highest BCUT2D eigenvalue weighted by atomic mass is 16.5. The van der Waals surface area contributed by atoms with Crippen LogP contribution in [0.2, 0.25) is 0 Å². The molecule has 6 heteroatoms. The van der Waals surface area contributed by atoms with Gasteiger partial charge >= 0.3 is 0 Å². The van der Waals surface area contributed by atoms with Crippen LogP contribution >= 0.6 is 0 Å². The Morgan fingerprint density at radius 2 is 1.96 bits per heavy atom. The summed E-state index contributed by atoms with van der Waals surface area (Å²) >= 11 is 0. The van der Waals surface area contributed by atoms with Gasteiger partial charge in [0.1, 0.15) is 17.2 Å². The van der Waals surface area contributed by atoms with Crippen molar-refractivity contribution in [2.45, 2.75) is 6.54 Å². The summed E-state index contributed by atoms with van der Waals surface area (Å²) in [5.74, 6) is 2.35. The molecule has 1 amide bonds. The molecular formula is C18H17N2O4. The molecule has 24 heavy (non-hydrogen) atoms. The first-order chi connectivity index (χ1) is 11.7. The highest BCUT2D eigenvalue weighted by molar-refractivity contribution is 5.95. The monoisotopic (exact) mass is 325 g/mol. The lowest BCUT2D eigenvalue weighted by molar-refractivity contribution is -0.118. The van der Waals surface area contributed by atoms with Gasteiger partial charge in [0.25, 0.3) is 0 Å². The van der Waals surface area contributed by atoms with Crippen molar-refractivity contribution in [1.29, 1.82) is 0 Å². The lowest BCUT2D eigenvalue weighted by Crippen LogP contribution is -2.27. The molecule has 0 atom stereocenters. The smallest absolute Gasteiger partial charge is 0.228 e. The number of hydrogen-bond acceptors (Lipinski definition) is 5. The first kappa shape index (κ1) is 16.4. The van der Waals surface area contributed by atoms with Crippen molar-refractivity contribution >= 4 is 5.91 Å². The summed E-state index contributed by atoms with van der Waals surface area (Å²) in [5, 5.41) is 6.83. The fourth-order valence-electron chi connectivity index (χ4n) is 2.33. The molecule has 5 radical (unpaired) electrons. The van der Waals surface area contributed by atoms with Crippen molar-refractivity contribution < 1.29 is 18.8 Å². The van der Waals surface area contributed by atoms with Crippen LogP contribution in [0.1, 0.15) is 5.76 Å². The maximum Gasteiger partial charge on any atom is 0.228 e. The first-order valence-electron chi connectivity index (χ1n) is 7.39. The van der Waals surface area contributed by atoms with Crippen LogP contribution in [0.5, 0.6) is 11.5 Å². The number of ether oxygens (including phenoxy) is 2. The second-order valence-corrected chi connectivity index (χ2v) is 5.10. The number of carbonyl (C=O) groups is 1. The van der Waals surface area contributed by atoms with Crippen LogP contribution < -0.4 is 14.8 Å². The zero-order valence-electron chi connectivity index (χ0n) is 13.4. The molecule has 1 saturated carbocycles. The molecule has 0 bridgehead atoms. The second-order valence-electron chi connectivity index (χ2n) is 5.10. The fourth-order valence-corrected chi connectivity index (χ4v) is 2.33. The van der Waals surface area contributed by atoms with E-state index in [-0.39, 0.29) is 12.5 Å². The maximum absolute atomic E-state index is 11.9. The lowest BCUT2D eigenvalue weighted by Gasteiger charge is -2.08. The number of carbonyl (C=O) groups excluding carboxylic acids is 1. The van der Waals surface area contributed by atoms with E-state index in [1.165, 1.54) is 0 Å². The summed E-state index contributed by atoms with van der Waals surface area (Å²) in [6.07, 6.45) is 7.14. The highest BCUT2D eigenvalue weighted by Crippen LogP contribution is 2.33. The number of hydrogen-bond donors (Lipinski definition) is 1. The van der Waals surface area contributed by atoms with E-state index in [0.29, 0.717) is 28.9 Å². The van der Waals surface area contributed by atoms with Gasteiger partial charge in [0.15, 0.2) is 5.76 Å². The predicted molar refractivity (Wildman–Crippen MR) is 87.3 cm³/mol. The lowest BCUT2D eigenvalue weighted by atomic mass is 10.1. The third-order valence-electron chi connectivity index (χ3n) is 3.59. The van der Waals surface area contributed by atoms with Gasteiger partial charge in [-0.05, 0) is 37.8 Å². The van der Waals surface area contributed by atoms with Crippen LogP contribution in [0.3, 0.4) is 0 Å². The topological polar surface area (TPSA) is 73.6 Å². The van der Waals surface area contributed by atoms with Gasteiger partial charge in [-0.15, -0.1) is 0 Å². The molecule has 1 aromatic carbocycles. The van der Waals surface area contributed by atoms with Crippen LogP contribution in [0.4, 0.5) is 0 Å². The molecule has 1 N–H and O–H groups in total. The van der Waals surface area contributed by atoms with E-state index in [0.717, 1.165) is 5.56 Å². The second kappa shape index (κ2) is 7.38. The molecule has 1 fully saturated rings. The quantitative estimate of drug-likeness (QED) is 0.883. The van der Waals surface area contributed by atoms with Crippen LogP contribution in [0.25, 0.3) is 11.3 Å². The molecule has 1 aromatic heterocycles. The number of aromatic nitrogens is 1. The third-order valence-corrected chi connectivity index (χ3v) is 3.59. The van der Waals surface area contributed by atoms with E-state index >= 15 is 0 Å². The Balaban J connectivity index is 1.68. The van der Waals surface area contributed by atoms with Crippen molar-refractivity contribution in [3.63, 3.8) is 0 Å². The molecule has 1 aliphatic rings. The molecule has 123 valence electrons. The minimum absolute atomic E-state index is 0.153. The van der Waals surface area contributed by atoms with E-state index in [1.54, 1.807) is 39.2 Å². The van der Waals surface area contributed by atoms with Crippen molar-refractivity contribution in [3.8, 4) is 22.8 Å². The Bertz CT molecular complexity index is 705. The van der Waals surface area contributed by atoms with Gasteiger partial charge in [-0.1, -0.05) is 5.16 Å². The highest BCUT2D eigenvalue weighted by Gasteiger charge is 2.24. The van der Waals surface area contributed by atoms with Gasteiger partial charge in [-0.3, -0.25) is 4.79 Å². The average molecular weight is 325 g/mol. The SMILES string of the molecule is COc1ccc(-c2cc(CNC(=O)[C]3[CH][CH][CH][CH]3)on2)c(OC)c1. The number of benzene rings is 1. The normalized spacial score (nSPS) is 14.6. The van der Waals surface area contributed by atoms with Crippen molar-refractivity contribution in [3.05, 3.63) is 61.6 Å². The van der Waals surface area contributed by atoms with E-state index < -0.39 is 0 Å². The minimum Gasteiger partial charge on any atom is -0.497 e. The number of methoxy groups -OCH3 is 2. The van der Waals surface area contributed by atoms with Crippen LogP contribution in [0, 0.1) is 31.6 Å². The van der Waals surface area contributed by atoms with E-state index in [4.69, 9.17) is 14.0 Å². The standard InChI is InChI=1S/C18H17N2O4/c1-22-13-7-8-15(17(10-13)23-2)16-9-14(24-20-16)11-19-18(21)12-5-3-4-6-12/h3-10H,11H2,1-2H3,(H,19,21). The van der Waals surface area contributed by atoms with Crippen molar-refractivity contribution in [1.82, 2.24) is 10.5 Å². The van der Waals surface area contributed by atoms with E-state index in [2.05, 4.69) is 10.5 Å². The van der Waals surface area contributed by atoms with Gasteiger partial charge in [0, 0.05) is 17.7 Å². The van der Waals surface area contributed by atoms with Crippen LogP contribution in [0.15, 0.2) is 28.8 Å².